The quantitative estimate of drug-likeness (QED) is 0.693. The number of H-pyrrole nitrogens is 1. The largest absolute Gasteiger partial charge is 0.497 e. The Morgan fingerprint density at radius 3 is 2.79 bits per heavy atom. The Hall–Kier alpha value is -2.34. The number of carbonyl (C=O) groups is 1. The molecule has 1 aromatic heterocycles. The van der Waals surface area contributed by atoms with Gasteiger partial charge in [-0.3, -0.25) is 9.89 Å². The molecule has 1 heterocycles. The van der Waals surface area contributed by atoms with Crippen LogP contribution in [-0.2, 0) is 0 Å². The van der Waals surface area contributed by atoms with Crippen molar-refractivity contribution in [1.29, 1.82) is 0 Å². The van der Waals surface area contributed by atoms with Crippen LogP contribution in [0.4, 0.5) is 0 Å². The van der Waals surface area contributed by atoms with Crippen LogP contribution in [0.2, 0.25) is 0 Å². The molecule has 0 radical (unpaired) electrons. The van der Waals surface area contributed by atoms with Crippen LogP contribution in [0.25, 0.3) is 11.3 Å². The van der Waals surface area contributed by atoms with Gasteiger partial charge in [-0.1, -0.05) is 26.0 Å². The van der Waals surface area contributed by atoms with Gasteiger partial charge >= 0.3 is 0 Å². The summed E-state index contributed by atoms with van der Waals surface area (Å²) < 4.78 is 5.21. The summed E-state index contributed by atoms with van der Waals surface area (Å²) in [6.45, 7) is 8.01. The van der Waals surface area contributed by atoms with Gasteiger partial charge in [-0.15, -0.1) is 0 Å². The van der Waals surface area contributed by atoms with Crippen LogP contribution in [0.5, 0.6) is 5.75 Å². The van der Waals surface area contributed by atoms with Gasteiger partial charge in [0.1, 0.15) is 11.4 Å². The van der Waals surface area contributed by atoms with Crippen molar-refractivity contribution in [3.8, 4) is 17.0 Å². The lowest BCUT2D eigenvalue weighted by atomic mass is 10.1. The second-order valence-electron chi connectivity index (χ2n) is 5.54. The minimum Gasteiger partial charge on any atom is -0.497 e. The molecule has 6 heteroatoms. The molecule has 0 saturated heterocycles. The molecular weight excluding hydrogens is 304 g/mol. The number of aromatic nitrogens is 2. The highest BCUT2D eigenvalue weighted by Gasteiger charge is 2.11. The van der Waals surface area contributed by atoms with E-state index < -0.39 is 0 Å². The molecule has 0 bridgehead atoms. The van der Waals surface area contributed by atoms with Gasteiger partial charge in [-0.2, -0.15) is 5.10 Å². The van der Waals surface area contributed by atoms with Crippen molar-refractivity contribution < 1.29 is 9.53 Å². The summed E-state index contributed by atoms with van der Waals surface area (Å²) in [6.07, 6.45) is 0.935. The lowest BCUT2D eigenvalue weighted by Crippen LogP contribution is -2.30. The molecule has 2 N–H and O–H groups in total. The SMILES string of the molecule is CCN(CC)CCCNC(=O)c1cc(-c2cccc(OC)c2)n[nH]1. The van der Waals surface area contributed by atoms with Crippen molar-refractivity contribution in [2.24, 2.45) is 0 Å². The van der Waals surface area contributed by atoms with E-state index in [1.54, 1.807) is 13.2 Å². The topological polar surface area (TPSA) is 70.2 Å². The maximum absolute atomic E-state index is 12.2. The molecule has 1 aromatic carbocycles. The first-order chi connectivity index (χ1) is 11.7. The Balaban J connectivity index is 1.89. The third-order valence-corrected chi connectivity index (χ3v) is 4.02. The van der Waals surface area contributed by atoms with Crippen LogP contribution in [0.15, 0.2) is 30.3 Å². The Kier molecular flexibility index (Phi) is 6.81. The Morgan fingerprint density at radius 1 is 1.29 bits per heavy atom. The molecule has 1 amide bonds. The van der Waals surface area contributed by atoms with Crippen LogP contribution >= 0.6 is 0 Å². The second kappa shape index (κ2) is 9.08. The zero-order chi connectivity index (χ0) is 17.4. The third-order valence-electron chi connectivity index (χ3n) is 4.02. The molecule has 0 unspecified atom stereocenters. The minimum atomic E-state index is -0.129. The normalized spacial score (nSPS) is 10.8. The first-order valence-electron chi connectivity index (χ1n) is 8.38. The number of nitrogens with zero attached hydrogens (tertiary/aromatic N) is 2. The van der Waals surface area contributed by atoms with E-state index in [-0.39, 0.29) is 5.91 Å². The molecule has 0 fully saturated rings. The zero-order valence-electron chi connectivity index (χ0n) is 14.6. The predicted octanol–water partition coefficient (Wildman–Crippen LogP) is 2.55. The van der Waals surface area contributed by atoms with Gasteiger partial charge in [0.2, 0.25) is 0 Å². The van der Waals surface area contributed by atoms with Crippen molar-refractivity contribution in [1.82, 2.24) is 20.4 Å². The van der Waals surface area contributed by atoms with E-state index in [1.165, 1.54) is 0 Å². The summed E-state index contributed by atoms with van der Waals surface area (Å²) in [7, 11) is 1.63. The number of hydrogen-bond acceptors (Lipinski definition) is 4. The van der Waals surface area contributed by atoms with E-state index in [9.17, 15) is 4.79 Å². The van der Waals surface area contributed by atoms with Crippen LogP contribution in [-0.4, -0.2) is 54.3 Å². The fourth-order valence-corrected chi connectivity index (χ4v) is 2.51. The molecular formula is C18H26N4O2. The van der Waals surface area contributed by atoms with Gasteiger partial charge in [-0.25, -0.2) is 0 Å². The molecule has 0 aliphatic heterocycles. The minimum absolute atomic E-state index is 0.129. The lowest BCUT2D eigenvalue weighted by Gasteiger charge is -2.17. The number of carbonyl (C=O) groups excluding carboxylic acids is 1. The Bertz CT molecular complexity index is 650. The van der Waals surface area contributed by atoms with Crippen molar-refractivity contribution in [2.75, 3.05) is 33.3 Å². The zero-order valence-corrected chi connectivity index (χ0v) is 14.6. The fourth-order valence-electron chi connectivity index (χ4n) is 2.51. The molecule has 0 atom stereocenters. The van der Waals surface area contributed by atoms with Gasteiger partial charge in [0, 0.05) is 12.1 Å². The summed E-state index contributed by atoms with van der Waals surface area (Å²) in [5, 5.41) is 9.94. The summed E-state index contributed by atoms with van der Waals surface area (Å²) >= 11 is 0. The van der Waals surface area contributed by atoms with Crippen LogP contribution in [0, 0.1) is 0 Å². The van der Waals surface area contributed by atoms with Crippen LogP contribution < -0.4 is 10.1 Å². The number of hydrogen-bond donors (Lipinski definition) is 2. The molecule has 0 spiro atoms. The molecule has 0 aliphatic carbocycles. The fraction of sp³-hybridized carbons (Fsp3) is 0.444. The van der Waals surface area contributed by atoms with Gasteiger partial charge in [0.25, 0.3) is 5.91 Å². The van der Waals surface area contributed by atoms with Gasteiger partial charge < -0.3 is 15.0 Å². The summed E-state index contributed by atoms with van der Waals surface area (Å²) in [5.74, 6) is 0.633. The van der Waals surface area contributed by atoms with E-state index in [1.807, 2.05) is 24.3 Å². The number of aromatic amines is 1. The summed E-state index contributed by atoms with van der Waals surface area (Å²) in [6, 6.07) is 9.36. The average Bonchev–Trinajstić information content (AvgIpc) is 3.12. The maximum Gasteiger partial charge on any atom is 0.269 e. The molecule has 0 aliphatic rings. The monoisotopic (exact) mass is 330 g/mol. The first kappa shape index (κ1) is 18.0. The lowest BCUT2D eigenvalue weighted by molar-refractivity contribution is 0.0947. The van der Waals surface area contributed by atoms with E-state index in [0.29, 0.717) is 12.2 Å². The number of methoxy groups -OCH3 is 1. The van der Waals surface area contributed by atoms with E-state index in [0.717, 1.165) is 43.1 Å². The summed E-state index contributed by atoms with van der Waals surface area (Å²) in [5.41, 5.74) is 2.10. The van der Waals surface area contributed by atoms with E-state index in [2.05, 4.69) is 34.3 Å². The number of amides is 1. The average molecular weight is 330 g/mol. The Morgan fingerprint density at radius 2 is 2.08 bits per heavy atom. The van der Waals surface area contributed by atoms with Crippen LogP contribution in [0.3, 0.4) is 0 Å². The highest BCUT2D eigenvalue weighted by atomic mass is 16.5. The van der Waals surface area contributed by atoms with Crippen molar-refractivity contribution in [3.05, 3.63) is 36.0 Å². The number of nitrogens with one attached hydrogen (secondary N) is 2. The highest BCUT2D eigenvalue weighted by Crippen LogP contribution is 2.22. The Labute approximate surface area is 143 Å². The smallest absolute Gasteiger partial charge is 0.269 e. The van der Waals surface area contributed by atoms with Crippen molar-refractivity contribution in [3.63, 3.8) is 0 Å². The highest BCUT2D eigenvalue weighted by molar-refractivity contribution is 5.93. The van der Waals surface area contributed by atoms with Gasteiger partial charge in [0.15, 0.2) is 0 Å². The molecule has 0 saturated carbocycles. The number of ether oxygens (including phenoxy) is 1. The molecule has 24 heavy (non-hydrogen) atoms. The van der Waals surface area contributed by atoms with E-state index >= 15 is 0 Å². The maximum atomic E-state index is 12.2. The van der Waals surface area contributed by atoms with Gasteiger partial charge in [0.05, 0.1) is 12.8 Å². The standard InChI is InChI=1S/C18H26N4O2/c1-4-22(5-2)11-7-10-19-18(23)17-13-16(20-21-17)14-8-6-9-15(12-14)24-3/h6,8-9,12-13H,4-5,7,10-11H2,1-3H3,(H,19,23)(H,20,21). The molecule has 2 aromatic rings. The van der Waals surface area contributed by atoms with Gasteiger partial charge in [-0.05, 0) is 44.3 Å². The molecule has 6 nitrogen and oxygen atoms in total. The number of rotatable bonds is 9. The molecule has 2 rings (SSSR count). The van der Waals surface area contributed by atoms with Crippen LogP contribution in [0.1, 0.15) is 30.8 Å². The predicted molar refractivity (Wildman–Crippen MR) is 95.3 cm³/mol. The summed E-state index contributed by atoms with van der Waals surface area (Å²) in [4.78, 5) is 14.5. The molecule has 130 valence electrons. The van der Waals surface area contributed by atoms with Crippen molar-refractivity contribution >= 4 is 5.91 Å². The van der Waals surface area contributed by atoms with E-state index in [4.69, 9.17) is 4.74 Å². The third kappa shape index (κ3) is 4.83. The van der Waals surface area contributed by atoms with Crippen molar-refractivity contribution in [2.45, 2.75) is 20.3 Å². The second-order valence-corrected chi connectivity index (χ2v) is 5.54. The first-order valence-corrected chi connectivity index (χ1v) is 8.38. The number of benzene rings is 1.